The molecular formula is C20H28N2S. The van der Waals surface area contributed by atoms with Gasteiger partial charge in [0.2, 0.25) is 0 Å². The number of hydrogen-bond acceptors (Lipinski definition) is 3. The average Bonchev–Trinajstić information content (AvgIpc) is 3.12. The van der Waals surface area contributed by atoms with Crippen molar-refractivity contribution in [1.82, 2.24) is 10.2 Å². The Kier molecular flexibility index (Phi) is 5.52. The lowest BCUT2D eigenvalue weighted by Crippen LogP contribution is -2.42. The number of benzene rings is 1. The van der Waals surface area contributed by atoms with Gasteiger partial charge < -0.3 is 10.2 Å². The van der Waals surface area contributed by atoms with Crippen LogP contribution in [0.4, 0.5) is 0 Å². The van der Waals surface area contributed by atoms with Crippen LogP contribution in [0.5, 0.6) is 0 Å². The number of likely N-dealkylation sites (tertiary alicyclic amines) is 1. The second-order valence-corrected chi connectivity index (χ2v) is 7.90. The van der Waals surface area contributed by atoms with Crippen molar-refractivity contribution in [2.75, 3.05) is 26.7 Å². The molecule has 1 aromatic heterocycles. The summed E-state index contributed by atoms with van der Waals surface area (Å²) in [4.78, 5) is 3.90. The normalized spacial score (nSPS) is 19.6. The molecule has 3 rings (SSSR count). The monoisotopic (exact) mass is 328 g/mol. The fourth-order valence-corrected chi connectivity index (χ4v) is 4.49. The number of piperidine rings is 1. The molecule has 23 heavy (non-hydrogen) atoms. The van der Waals surface area contributed by atoms with Gasteiger partial charge in [0.25, 0.3) is 0 Å². The lowest BCUT2D eigenvalue weighted by Gasteiger charge is -2.33. The predicted octanol–water partition coefficient (Wildman–Crippen LogP) is 4.13. The second kappa shape index (κ2) is 7.61. The number of rotatable bonds is 6. The van der Waals surface area contributed by atoms with Crippen molar-refractivity contribution in [1.29, 1.82) is 0 Å². The SMILES string of the molecule is CN1CCC(NCC[C@@](C)(c2ccccc2)c2cccs2)CC1. The molecule has 0 saturated carbocycles. The van der Waals surface area contributed by atoms with E-state index >= 15 is 0 Å². The Morgan fingerprint density at radius 2 is 1.87 bits per heavy atom. The summed E-state index contributed by atoms with van der Waals surface area (Å²) in [5.41, 5.74) is 1.53. The number of hydrogen-bond donors (Lipinski definition) is 1. The lowest BCUT2D eigenvalue weighted by molar-refractivity contribution is 0.233. The molecule has 1 atom stereocenters. The molecule has 0 bridgehead atoms. The molecular weight excluding hydrogens is 300 g/mol. The number of thiophene rings is 1. The predicted molar refractivity (Wildman–Crippen MR) is 100 cm³/mol. The fraction of sp³-hybridized carbons (Fsp3) is 0.500. The quantitative estimate of drug-likeness (QED) is 0.858. The smallest absolute Gasteiger partial charge is 0.0280 e. The summed E-state index contributed by atoms with van der Waals surface area (Å²) in [5, 5.41) is 6.00. The molecule has 1 aliphatic rings. The minimum Gasteiger partial charge on any atom is -0.314 e. The molecule has 2 aromatic rings. The Morgan fingerprint density at radius 3 is 2.52 bits per heavy atom. The molecule has 2 heterocycles. The van der Waals surface area contributed by atoms with Gasteiger partial charge in [-0.05, 0) is 63.0 Å². The molecule has 0 spiro atoms. The fourth-order valence-electron chi connectivity index (χ4n) is 3.55. The van der Waals surface area contributed by atoms with Gasteiger partial charge in [0.1, 0.15) is 0 Å². The van der Waals surface area contributed by atoms with Crippen LogP contribution >= 0.6 is 11.3 Å². The van der Waals surface area contributed by atoms with E-state index in [0.717, 1.165) is 13.0 Å². The third-order valence-electron chi connectivity index (χ3n) is 5.25. The first-order chi connectivity index (χ1) is 11.2. The number of nitrogens with one attached hydrogen (secondary N) is 1. The molecule has 2 nitrogen and oxygen atoms in total. The van der Waals surface area contributed by atoms with E-state index in [2.05, 4.69) is 72.0 Å². The van der Waals surface area contributed by atoms with Gasteiger partial charge >= 0.3 is 0 Å². The van der Waals surface area contributed by atoms with Gasteiger partial charge in [-0.15, -0.1) is 11.3 Å². The van der Waals surface area contributed by atoms with Gasteiger partial charge in [-0.3, -0.25) is 0 Å². The van der Waals surface area contributed by atoms with Crippen molar-refractivity contribution in [2.24, 2.45) is 0 Å². The molecule has 0 amide bonds. The topological polar surface area (TPSA) is 15.3 Å². The van der Waals surface area contributed by atoms with Crippen LogP contribution < -0.4 is 5.32 Å². The Balaban J connectivity index is 1.66. The average molecular weight is 329 g/mol. The third-order valence-corrected chi connectivity index (χ3v) is 6.39. The van der Waals surface area contributed by atoms with Gasteiger partial charge in [0, 0.05) is 16.3 Å². The van der Waals surface area contributed by atoms with Crippen LogP contribution in [-0.4, -0.2) is 37.6 Å². The zero-order chi connectivity index (χ0) is 16.1. The van der Waals surface area contributed by atoms with E-state index in [1.165, 1.54) is 36.4 Å². The first-order valence-electron chi connectivity index (χ1n) is 8.70. The summed E-state index contributed by atoms with van der Waals surface area (Å²) in [6.07, 6.45) is 3.69. The van der Waals surface area contributed by atoms with E-state index in [0.29, 0.717) is 6.04 Å². The Morgan fingerprint density at radius 1 is 1.13 bits per heavy atom. The van der Waals surface area contributed by atoms with Gasteiger partial charge in [-0.25, -0.2) is 0 Å². The molecule has 1 fully saturated rings. The van der Waals surface area contributed by atoms with E-state index < -0.39 is 0 Å². The van der Waals surface area contributed by atoms with Crippen molar-refractivity contribution in [2.45, 2.75) is 37.6 Å². The molecule has 124 valence electrons. The summed E-state index contributed by atoms with van der Waals surface area (Å²) in [6.45, 7) is 5.92. The Bertz CT molecular complexity index is 573. The van der Waals surface area contributed by atoms with Crippen molar-refractivity contribution in [3.05, 3.63) is 58.3 Å². The van der Waals surface area contributed by atoms with Crippen LogP contribution in [0.3, 0.4) is 0 Å². The van der Waals surface area contributed by atoms with E-state index in [1.807, 2.05) is 11.3 Å². The maximum Gasteiger partial charge on any atom is 0.0280 e. The zero-order valence-electron chi connectivity index (χ0n) is 14.3. The molecule has 3 heteroatoms. The summed E-state index contributed by atoms with van der Waals surface area (Å²) >= 11 is 1.88. The van der Waals surface area contributed by atoms with Gasteiger partial charge in [-0.1, -0.05) is 43.3 Å². The summed E-state index contributed by atoms with van der Waals surface area (Å²) in [6, 6.07) is 16.1. The highest BCUT2D eigenvalue weighted by atomic mass is 32.1. The Labute approximate surface area is 144 Å². The first kappa shape index (κ1) is 16.7. The molecule has 1 saturated heterocycles. The molecule has 1 aromatic carbocycles. The lowest BCUT2D eigenvalue weighted by atomic mass is 9.78. The number of nitrogens with zero attached hydrogens (tertiary/aromatic N) is 1. The second-order valence-electron chi connectivity index (χ2n) is 6.96. The van der Waals surface area contributed by atoms with Gasteiger partial charge in [0.15, 0.2) is 0 Å². The van der Waals surface area contributed by atoms with Crippen molar-refractivity contribution >= 4 is 11.3 Å². The summed E-state index contributed by atoms with van der Waals surface area (Å²) in [7, 11) is 2.22. The highest BCUT2D eigenvalue weighted by Crippen LogP contribution is 2.37. The van der Waals surface area contributed by atoms with Crippen LogP contribution in [0.1, 0.15) is 36.6 Å². The third kappa shape index (κ3) is 4.03. The van der Waals surface area contributed by atoms with Gasteiger partial charge in [0.05, 0.1) is 0 Å². The van der Waals surface area contributed by atoms with Crippen LogP contribution in [-0.2, 0) is 5.41 Å². The van der Waals surface area contributed by atoms with Crippen LogP contribution in [0.2, 0.25) is 0 Å². The van der Waals surface area contributed by atoms with Crippen molar-refractivity contribution in [3.63, 3.8) is 0 Å². The van der Waals surface area contributed by atoms with E-state index in [4.69, 9.17) is 0 Å². The maximum atomic E-state index is 3.81. The molecule has 1 aliphatic heterocycles. The first-order valence-corrected chi connectivity index (χ1v) is 9.58. The standard InChI is InChI=1S/C20H28N2S/c1-20(19-9-6-16-23-19,17-7-4-3-5-8-17)12-13-21-18-10-14-22(2)15-11-18/h3-9,16,18,21H,10-15H2,1-2H3/t20-/m0/s1. The molecule has 0 radical (unpaired) electrons. The molecule has 1 N–H and O–H groups in total. The summed E-state index contributed by atoms with van der Waals surface area (Å²) in [5.74, 6) is 0. The minimum atomic E-state index is 0.105. The Hall–Kier alpha value is -1.16. The van der Waals surface area contributed by atoms with Crippen molar-refractivity contribution in [3.8, 4) is 0 Å². The van der Waals surface area contributed by atoms with Crippen LogP contribution in [0, 0.1) is 0 Å². The highest BCUT2D eigenvalue weighted by Gasteiger charge is 2.29. The van der Waals surface area contributed by atoms with Crippen LogP contribution in [0.15, 0.2) is 47.8 Å². The zero-order valence-corrected chi connectivity index (χ0v) is 15.1. The van der Waals surface area contributed by atoms with Gasteiger partial charge in [-0.2, -0.15) is 0 Å². The minimum absolute atomic E-state index is 0.105. The maximum absolute atomic E-state index is 3.81. The van der Waals surface area contributed by atoms with Crippen molar-refractivity contribution < 1.29 is 0 Å². The van der Waals surface area contributed by atoms with E-state index in [9.17, 15) is 0 Å². The largest absolute Gasteiger partial charge is 0.314 e. The molecule has 0 aliphatic carbocycles. The molecule has 0 unspecified atom stereocenters. The van der Waals surface area contributed by atoms with E-state index in [-0.39, 0.29) is 5.41 Å². The van der Waals surface area contributed by atoms with Crippen LogP contribution in [0.25, 0.3) is 0 Å². The highest BCUT2D eigenvalue weighted by molar-refractivity contribution is 7.10. The summed E-state index contributed by atoms with van der Waals surface area (Å²) < 4.78 is 0. The van der Waals surface area contributed by atoms with E-state index in [1.54, 1.807) is 0 Å².